The van der Waals surface area contributed by atoms with Gasteiger partial charge in [0.2, 0.25) is 0 Å². The van der Waals surface area contributed by atoms with Gasteiger partial charge in [-0.3, -0.25) is 0 Å². The van der Waals surface area contributed by atoms with Crippen LogP contribution in [0.5, 0.6) is 0 Å². The molecule has 5 heteroatoms. The van der Waals surface area contributed by atoms with E-state index in [1.165, 1.54) is 0 Å². The molecule has 80 valence electrons. The standard InChI is InChI=1S/C9H18N2O2Si/c1-12-14(3,13-2)8-4-5-9-10-6-7-11-9/h6-7H,4-5,8H2,1-3H3,(H,10,11). The van der Waals surface area contributed by atoms with Gasteiger partial charge in [-0.1, -0.05) is 0 Å². The maximum atomic E-state index is 5.39. The number of rotatable bonds is 6. The van der Waals surface area contributed by atoms with Crippen molar-refractivity contribution in [1.82, 2.24) is 9.97 Å². The molecule has 0 unspecified atom stereocenters. The summed E-state index contributed by atoms with van der Waals surface area (Å²) in [4.78, 5) is 7.25. The predicted octanol–water partition coefficient (Wildman–Crippen LogP) is 1.71. The fraction of sp³-hybridized carbons (Fsp3) is 0.667. The first-order valence-corrected chi connectivity index (χ1v) is 7.31. The van der Waals surface area contributed by atoms with Crippen molar-refractivity contribution in [3.8, 4) is 0 Å². The van der Waals surface area contributed by atoms with Gasteiger partial charge in [-0.05, 0) is 19.0 Å². The lowest BCUT2D eigenvalue weighted by Crippen LogP contribution is -2.35. The zero-order chi connectivity index (χ0) is 10.4. The quantitative estimate of drug-likeness (QED) is 0.733. The number of nitrogens with one attached hydrogen (secondary N) is 1. The summed E-state index contributed by atoms with van der Waals surface area (Å²) in [7, 11) is 1.58. The van der Waals surface area contributed by atoms with Gasteiger partial charge in [-0.2, -0.15) is 0 Å². The summed E-state index contributed by atoms with van der Waals surface area (Å²) in [6, 6.07) is 1.00. The number of hydrogen-bond acceptors (Lipinski definition) is 3. The minimum atomic E-state index is -1.87. The van der Waals surface area contributed by atoms with Gasteiger partial charge in [0.25, 0.3) is 0 Å². The van der Waals surface area contributed by atoms with E-state index in [0.29, 0.717) is 0 Å². The number of aromatic nitrogens is 2. The van der Waals surface area contributed by atoms with Crippen molar-refractivity contribution in [2.45, 2.75) is 25.4 Å². The molecule has 4 nitrogen and oxygen atoms in total. The molecule has 0 radical (unpaired) electrons. The zero-order valence-electron chi connectivity index (χ0n) is 9.04. The summed E-state index contributed by atoms with van der Waals surface area (Å²) in [5.74, 6) is 1.04. The van der Waals surface area contributed by atoms with E-state index < -0.39 is 8.56 Å². The molecular weight excluding hydrogens is 196 g/mol. The van der Waals surface area contributed by atoms with Crippen molar-refractivity contribution >= 4 is 8.56 Å². The van der Waals surface area contributed by atoms with Crippen LogP contribution in [-0.2, 0) is 15.3 Å². The summed E-state index contributed by atoms with van der Waals surface area (Å²) in [5.41, 5.74) is 0. The Morgan fingerprint density at radius 3 is 2.64 bits per heavy atom. The highest BCUT2D eigenvalue weighted by Crippen LogP contribution is 2.14. The van der Waals surface area contributed by atoms with Gasteiger partial charge in [0.15, 0.2) is 0 Å². The van der Waals surface area contributed by atoms with Crippen LogP contribution in [0.3, 0.4) is 0 Å². The molecule has 1 heterocycles. The molecule has 0 spiro atoms. The van der Waals surface area contributed by atoms with Crippen molar-refractivity contribution in [3.63, 3.8) is 0 Å². The van der Waals surface area contributed by atoms with E-state index in [9.17, 15) is 0 Å². The average molecular weight is 214 g/mol. The Bertz CT molecular complexity index is 247. The molecule has 0 aliphatic heterocycles. The number of aromatic amines is 1. The number of hydrogen-bond donors (Lipinski definition) is 1. The lowest BCUT2D eigenvalue weighted by molar-refractivity contribution is 0.248. The van der Waals surface area contributed by atoms with E-state index in [-0.39, 0.29) is 0 Å². The topological polar surface area (TPSA) is 47.1 Å². The van der Waals surface area contributed by atoms with Crippen LogP contribution in [0, 0.1) is 0 Å². The minimum absolute atomic E-state index is 0.961. The van der Waals surface area contributed by atoms with Crippen LogP contribution < -0.4 is 0 Å². The first-order chi connectivity index (χ1) is 6.70. The fourth-order valence-corrected chi connectivity index (χ4v) is 2.69. The van der Waals surface area contributed by atoms with Gasteiger partial charge in [0, 0.05) is 33.0 Å². The summed E-state index contributed by atoms with van der Waals surface area (Å²) in [6.45, 7) is 2.08. The molecule has 0 bridgehead atoms. The summed E-state index contributed by atoms with van der Waals surface area (Å²) in [5, 5.41) is 0. The second-order valence-corrected chi connectivity index (χ2v) is 7.02. The first-order valence-electron chi connectivity index (χ1n) is 4.79. The Morgan fingerprint density at radius 1 is 1.43 bits per heavy atom. The molecule has 1 rings (SSSR count). The molecule has 14 heavy (non-hydrogen) atoms. The normalized spacial score (nSPS) is 11.9. The molecule has 0 aliphatic rings. The maximum Gasteiger partial charge on any atom is 0.334 e. The third-order valence-electron chi connectivity index (χ3n) is 2.46. The van der Waals surface area contributed by atoms with Gasteiger partial charge in [0.1, 0.15) is 5.82 Å². The number of nitrogens with zero attached hydrogens (tertiary/aromatic N) is 1. The smallest absolute Gasteiger partial charge is 0.334 e. The molecule has 1 aromatic heterocycles. The summed E-state index contributed by atoms with van der Waals surface area (Å²) < 4.78 is 10.8. The fourth-order valence-electron chi connectivity index (χ4n) is 1.30. The Morgan fingerprint density at radius 2 is 2.14 bits per heavy atom. The molecular formula is C9H18N2O2Si. The molecule has 1 aromatic rings. The predicted molar refractivity (Wildman–Crippen MR) is 57.4 cm³/mol. The maximum absolute atomic E-state index is 5.39. The van der Waals surface area contributed by atoms with Crippen molar-refractivity contribution in [1.29, 1.82) is 0 Å². The Kier molecular flexibility index (Phi) is 4.31. The van der Waals surface area contributed by atoms with Crippen LogP contribution in [0.1, 0.15) is 12.2 Å². The molecule has 0 saturated heterocycles. The van der Waals surface area contributed by atoms with Crippen LogP contribution >= 0.6 is 0 Å². The van der Waals surface area contributed by atoms with E-state index in [0.717, 1.165) is 24.7 Å². The Hall–Kier alpha value is -0.653. The second kappa shape index (κ2) is 5.28. The van der Waals surface area contributed by atoms with Crippen molar-refractivity contribution < 1.29 is 8.85 Å². The third-order valence-corrected chi connectivity index (χ3v) is 5.45. The van der Waals surface area contributed by atoms with Crippen LogP contribution in [-0.4, -0.2) is 32.7 Å². The first kappa shape index (κ1) is 11.4. The highest BCUT2D eigenvalue weighted by Gasteiger charge is 2.27. The van der Waals surface area contributed by atoms with E-state index in [1.54, 1.807) is 20.4 Å². The van der Waals surface area contributed by atoms with Gasteiger partial charge in [-0.15, -0.1) is 0 Å². The van der Waals surface area contributed by atoms with Crippen molar-refractivity contribution in [2.24, 2.45) is 0 Å². The highest BCUT2D eigenvalue weighted by molar-refractivity contribution is 6.65. The number of imidazole rings is 1. The van der Waals surface area contributed by atoms with E-state index in [4.69, 9.17) is 8.85 Å². The van der Waals surface area contributed by atoms with Crippen molar-refractivity contribution in [3.05, 3.63) is 18.2 Å². The van der Waals surface area contributed by atoms with E-state index >= 15 is 0 Å². The molecule has 0 aliphatic carbocycles. The van der Waals surface area contributed by atoms with Gasteiger partial charge >= 0.3 is 8.56 Å². The minimum Gasteiger partial charge on any atom is -0.398 e. The lowest BCUT2D eigenvalue weighted by atomic mass is 10.3. The zero-order valence-corrected chi connectivity index (χ0v) is 10.0. The molecule has 0 aromatic carbocycles. The van der Waals surface area contributed by atoms with Gasteiger partial charge in [-0.25, -0.2) is 4.98 Å². The highest BCUT2D eigenvalue weighted by atomic mass is 28.4. The van der Waals surface area contributed by atoms with Crippen LogP contribution in [0.4, 0.5) is 0 Å². The lowest BCUT2D eigenvalue weighted by Gasteiger charge is -2.22. The van der Waals surface area contributed by atoms with Crippen LogP contribution in [0.25, 0.3) is 0 Å². The second-order valence-electron chi connectivity index (χ2n) is 3.43. The Balaban J connectivity index is 2.27. The monoisotopic (exact) mass is 214 g/mol. The molecule has 0 saturated carbocycles. The largest absolute Gasteiger partial charge is 0.398 e. The van der Waals surface area contributed by atoms with Gasteiger partial charge in [0.05, 0.1) is 0 Å². The summed E-state index contributed by atoms with van der Waals surface area (Å²) >= 11 is 0. The molecule has 0 fully saturated rings. The number of aryl methyl sites for hydroxylation is 1. The van der Waals surface area contributed by atoms with Crippen LogP contribution in [0.15, 0.2) is 12.4 Å². The van der Waals surface area contributed by atoms with Gasteiger partial charge < -0.3 is 13.8 Å². The SMILES string of the molecule is CO[Si](C)(CCCc1ncc[nH]1)OC. The summed E-state index contributed by atoms with van der Waals surface area (Å²) in [6.07, 6.45) is 5.64. The third kappa shape index (κ3) is 3.25. The Labute approximate surface area is 85.9 Å². The van der Waals surface area contributed by atoms with Crippen molar-refractivity contribution in [2.75, 3.05) is 14.2 Å². The van der Waals surface area contributed by atoms with Crippen LogP contribution in [0.2, 0.25) is 12.6 Å². The molecule has 0 atom stereocenters. The molecule has 1 N–H and O–H groups in total. The van der Waals surface area contributed by atoms with E-state index in [2.05, 4.69) is 16.5 Å². The average Bonchev–Trinajstić information content (AvgIpc) is 2.70. The molecule has 0 amide bonds. The van der Waals surface area contributed by atoms with E-state index in [1.807, 2.05) is 6.20 Å². The number of H-pyrrole nitrogens is 1.